The van der Waals surface area contributed by atoms with Crippen LogP contribution >= 0.6 is 46.8 Å². The standard InChI is InChI=1S/C23H16Cl2N2O3S2/c24-16-8-6-14(11-17(16)25)20-9-7-15(32-20)12-18-21(28)27(23(31)26-18)19(22(29)30)10-13-4-2-1-3-5-13/h1-9,11-12,19H,10H2,(H,26,31)(H,29,30)/b18-12-. The van der Waals surface area contributed by atoms with Crippen molar-refractivity contribution < 1.29 is 14.7 Å². The molecule has 3 aromatic rings. The summed E-state index contributed by atoms with van der Waals surface area (Å²) in [5.41, 5.74) is 1.94. The van der Waals surface area contributed by atoms with Gasteiger partial charge in [-0.05, 0) is 53.7 Å². The highest BCUT2D eigenvalue weighted by atomic mass is 35.5. The van der Waals surface area contributed by atoms with Gasteiger partial charge in [0.2, 0.25) is 0 Å². The Kier molecular flexibility index (Phi) is 6.62. The highest BCUT2D eigenvalue weighted by Gasteiger charge is 2.39. The fourth-order valence-electron chi connectivity index (χ4n) is 3.34. The van der Waals surface area contributed by atoms with Crippen LogP contribution in [0, 0.1) is 0 Å². The minimum atomic E-state index is -1.12. The zero-order valence-corrected chi connectivity index (χ0v) is 19.6. The molecule has 0 aliphatic carbocycles. The van der Waals surface area contributed by atoms with E-state index in [2.05, 4.69) is 5.32 Å². The van der Waals surface area contributed by atoms with Crippen LogP contribution in [0.15, 0.2) is 66.4 Å². The second-order valence-corrected chi connectivity index (χ2v) is 9.35. The van der Waals surface area contributed by atoms with E-state index in [1.165, 1.54) is 11.3 Å². The maximum Gasteiger partial charge on any atom is 0.327 e. The van der Waals surface area contributed by atoms with E-state index in [1.54, 1.807) is 18.2 Å². The van der Waals surface area contributed by atoms with E-state index in [-0.39, 0.29) is 17.2 Å². The number of halogens is 2. The Labute approximate surface area is 203 Å². The highest BCUT2D eigenvalue weighted by Crippen LogP contribution is 2.33. The van der Waals surface area contributed by atoms with Crippen LogP contribution in [-0.4, -0.2) is 33.0 Å². The predicted molar refractivity (Wildman–Crippen MR) is 132 cm³/mol. The lowest BCUT2D eigenvalue weighted by molar-refractivity contribution is -0.145. The molecule has 1 atom stereocenters. The minimum absolute atomic E-state index is 0.0749. The normalized spacial score (nSPS) is 15.8. The minimum Gasteiger partial charge on any atom is -0.480 e. The van der Waals surface area contributed by atoms with Gasteiger partial charge in [0.1, 0.15) is 11.7 Å². The smallest absolute Gasteiger partial charge is 0.327 e. The summed E-state index contributed by atoms with van der Waals surface area (Å²) >= 11 is 18.9. The van der Waals surface area contributed by atoms with Crippen molar-refractivity contribution in [1.29, 1.82) is 0 Å². The molecular weight excluding hydrogens is 487 g/mol. The number of nitrogens with one attached hydrogen (secondary N) is 1. The van der Waals surface area contributed by atoms with Crippen LogP contribution in [0.1, 0.15) is 10.4 Å². The van der Waals surface area contributed by atoms with E-state index < -0.39 is 17.9 Å². The van der Waals surface area contributed by atoms with Gasteiger partial charge in [-0.2, -0.15) is 0 Å². The van der Waals surface area contributed by atoms with E-state index in [9.17, 15) is 14.7 Å². The topological polar surface area (TPSA) is 69.6 Å². The van der Waals surface area contributed by atoms with Crippen LogP contribution in [-0.2, 0) is 16.0 Å². The molecule has 1 amide bonds. The largest absolute Gasteiger partial charge is 0.480 e. The number of carboxylic acids is 1. The number of hydrogen-bond acceptors (Lipinski definition) is 4. The van der Waals surface area contributed by atoms with Crippen molar-refractivity contribution in [2.45, 2.75) is 12.5 Å². The average Bonchev–Trinajstić information content (AvgIpc) is 3.34. The molecule has 1 saturated heterocycles. The van der Waals surface area contributed by atoms with Crippen molar-refractivity contribution >= 4 is 69.8 Å². The summed E-state index contributed by atoms with van der Waals surface area (Å²) in [5, 5.41) is 13.6. The third kappa shape index (κ3) is 4.71. The summed E-state index contributed by atoms with van der Waals surface area (Å²) < 4.78 is 0. The zero-order chi connectivity index (χ0) is 22.8. The van der Waals surface area contributed by atoms with Crippen LogP contribution in [0.4, 0.5) is 0 Å². The first-order valence-corrected chi connectivity index (χ1v) is 11.5. The molecule has 1 fully saturated rings. The molecule has 1 aromatic heterocycles. The van der Waals surface area contributed by atoms with E-state index in [0.29, 0.717) is 10.0 Å². The Bertz CT molecular complexity index is 1240. The Morgan fingerprint density at radius 2 is 1.88 bits per heavy atom. The summed E-state index contributed by atoms with van der Waals surface area (Å²) in [7, 11) is 0. The van der Waals surface area contributed by atoms with Gasteiger partial charge in [0, 0.05) is 16.2 Å². The lowest BCUT2D eigenvalue weighted by Gasteiger charge is -2.22. The van der Waals surface area contributed by atoms with Crippen molar-refractivity contribution in [2.24, 2.45) is 0 Å². The number of carboxylic acid groups (broad SMARTS) is 1. The van der Waals surface area contributed by atoms with Crippen LogP contribution in [0.3, 0.4) is 0 Å². The van der Waals surface area contributed by atoms with Crippen molar-refractivity contribution in [3.8, 4) is 10.4 Å². The summed E-state index contributed by atoms with van der Waals surface area (Å²) in [4.78, 5) is 27.9. The average molecular weight is 503 g/mol. The highest BCUT2D eigenvalue weighted by molar-refractivity contribution is 7.80. The van der Waals surface area contributed by atoms with Crippen molar-refractivity contribution in [3.05, 3.63) is 86.8 Å². The van der Waals surface area contributed by atoms with Gasteiger partial charge >= 0.3 is 5.97 Å². The molecule has 32 heavy (non-hydrogen) atoms. The fraction of sp³-hybridized carbons (Fsp3) is 0.0870. The number of thiophene rings is 1. The third-order valence-electron chi connectivity index (χ3n) is 4.90. The van der Waals surface area contributed by atoms with Gasteiger partial charge < -0.3 is 10.4 Å². The van der Waals surface area contributed by atoms with Gasteiger partial charge in [0.15, 0.2) is 5.11 Å². The molecule has 162 valence electrons. The SMILES string of the molecule is O=C(O)C(Cc1ccccc1)N1C(=O)/C(=C/c2ccc(-c3ccc(Cl)c(Cl)c3)s2)NC1=S. The van der Waals surface area contributed by atoms with Gasteiger partial charge in [0.05, 0.1) is 10.0 Å². The maximum atomic E-state index is 13.0. The van der Waals surface area contributed by atoms with Crippen LogP contribution in [0.2, 0.25) is 10.0 Å². The van der Waals surface area contributed by atoms with E-state index in [4.69, 9.17) is 35.4 Å². The van der Waals surface area contributed by atoms with E-state index in [0.717, 1.165) is 25.8 Å². The summed E-state index contributed by atoms with van der Waals surface area (Å²) in [6, 6.07) is 17.2. The summed E-state index contributed by atoms with van der Waals surface area (Å²) in [5.74, 6) is -1.59. The Balaban J connectivity index is 1.57. The maximum absolute atomic E-state index is 13.0. The summed E-state index contributed by atoms with van der Waals surface area (Å²) in [6.45, 7) is 0. The van der Waals surface area contributed by atoms with Gasteiger partial charge in [-0.3, -0.25) is 9.69 Å². The molecule has 5 nitrogen and oxygen atoms in total. The number of thiocarbonyl (C=S) groups is 1. The molecule has 0 spiro atoms. The second-order valence-electron chi connectivity index (χ2n) is 7.04. The number of carbonyl (C=O) groups is 2. The van der Waals surface area contributed by atoms with Crippen LogP contribution in [0.5, 0.6) is 0 Å². The van der Waals surface area contributed by atoms with Gasteiger partial charge in [-0.15, -0.1) is 11.3 Å². The van der Waals surface area contributed by atoms with E-state index >= 15 is 0 Å². The predicted octanol–water partition coefficient (Wildman–Crippen LogP) is 5.48. The first-order valence-electron chi connectivity index (χ1n) is 9.51. The number of carbonyl (C=O) groups excluding carboxylic acids is 1. The lowest BCUT2D eigenvalue weighted by Crippen LogP contribution is -2.46. The van der Waals surface area contributed by atoms with Crippen molar-refractivity contribution in [3.63, 3.8) is 0 Å². The summed E-state index contributed by atoms with van der Waals surface area (Å²) in [6.07, 6.45) is 1.82. The Morgan fingerprint density at radius 1 is 1.12 bits per heavy atom. The number of amides is 1. The molecular formula is C23H16Cl2N2O3S2. The molecule has 1 aliphatic heterocycles. The number of rotatable bonds is 6. The molecule has 2 N–H and O–H groups in total. The lowest BCUT2D eigenvalue weighted by atomic mass is 10.0. The van der Waals surface area contributed by atoms with Crippen molar-refractivity contribution in [1.82, 2.24) is 10.2 Å². The monoisotopic (exact) mass is 502 g/mol. The number of benzene rings is 2. The molecule has 0 saturated carbocycles. The zero-order valence-electron chi connectivity index (χ0n) is 16.4. The molecule has 1 unspecified atom stereocenters. The molecule has 2 aromatic carbocycles. The van der Waals surface area contributed by atoms with Gasteiger partial charge in [0.25, 0.3) is 5.91 Å². The van der Waals surface area contributed by atoms with Crippen LogP contribution in [0.25, 0.3) is 16.5 Å². The molecule has 4 rings (SSSR count). The van der Waals surface area contributed by atoms with Gasteiger partial charge in [-0.1, -0.05) is 59.6 Å². The number of aliphatic carboxylic acids is 1. The third-order valence-corrected chi connectivity index (χ3v) is 7.01. The Morgan fingerprint density at radius 3 is 2.56 bits per heavy atom. The molecule has 9 heteroatoms. The number of nitrogens with zero attached hydrogens (tertiary/aromatic N) is 1. The van der Waals surface area contributed by atoms with Gasteiger partial charge in [-0.25, -0.2) is 4.79 Å². The van der Waals surface area contributed by atoms with E-state index in [1.807, 2.05) is 48.5 Å². The number of hydrogen-bond donors (Lipinski definition) is 2. The van der Waals surface area contributed by atoms with Crippen LogP contribution < -0.4 is 5.32 Å². The Hall–Kier alpha value is -2.71. The van der Waals surface area contributed by atoms with Crippen molar-refractivity contribution in [2.75, 3.05) is 0 Å². The molecule has 1 aliphatic rings. The first kappa shape index (κ1) is 22.5. The molecule has 2 heterocycles. The quantitative estimate of drug-likeness (QED) is 0.345. The fourth-order valence-corrected chi connectivity index (χ4v) is 4.90. The molecule has 0 radical (unpaired) electrons. The first-order chi connectivity index (χ1) is 15.3. The second kappa shape index (κ2) is 9.42. The molecule has 0 bridgehead atoms.